The van der Waals surface area contributed by atoms with Gasteiger partial charge in [0.1, 0.15) is 19.5 Å². The molecule has 1 aromatic carbocycles. The lowest BCUT2D eigenvalue weighted by atomic mass is 10.1. The Morgan fingerprint density at radius 1 is 1.21 bits per heavy atom. The van der Waals surface area contributed by atoms with Gasteiger partial charge >= 0.3 is 0 Å². The van der Waals surface area contributed by atoms with Crippen molar-refractivity contribution < 1.29 is 28.5 Å². The summed E-state index contributed by atoms with van der Waals surface area (Å²) in [7, 11) is 0. The molecule has 0 bridgehead atoms. The topological polar surface area (TPSA) is 95.2 Å². The minimum absolute atomic E-state index is 0.140. The molecule has 2 heterocycles. The van der Waals surface area contributed by atoms with E-state index in [1.807, 2.05) is 0 Å². The number of hydrogen-bond acceptors (Lipinski definition) is 7. The second kappa shape index (κ2) is 6.91. The molecule has 0 amide bonds. The van der Waals surface area contributed by atoms with Crippen LogP contribution in [0.1, 0.15) is 5.56 Å². The minimum Gasteiger partial charge on any atom is -0.502 e. The summed E-state index contributed by atoms with van der Waals surface area (Å²) in [4.78, 5) is 23.0. The van der Waals surface area contributed by atoms with E-state index in [0.717, 1.165) is 17.9 Å². The molecule has 0 saturated carbocycles. The Labute approximate surface area is 136 Å². The summed E-state index contributed by atoms with van der Waals surface area (Å²) in [6.45, 7) is 0.713. The van der Waals surface area contributed by atoms with Gasteiger partial charge in [-0.25, -0.2) is 0 Å². The highest BCUT2D eigenvalue weighted by Crippen LogP contribution is 2.31. The summed E-state index contributed by atoms with van der Waals surface area (Å²) in [5, 5.41) is 9.06. The van der Waals surface area contributed by atoms with E-state index in [4.69, 9.17) is 23.7 Å². The Morgan fingerprint density at radius 2 is 2.00 bits per heavy atom. The number of carbonyl (C=O) groups is 1. The van der Waals surface area contributed by atoms with E-state index in [0.29, 0.717) is 24.7 Å². The van der Waals surface area contributed by atoms with Crippen LogP contribution >= 0.6 is 0 Å². The van der Waals surface area contributed by atoms with Crippen LogP contribution < -0.4 is 19.6 Å². The number of rotatable bonds is 5. The third-order valence-corrected chi connectivity index (χ3v) is 3.17. The molecule has 1 aliphatic heterocycles. The van der Waals surface area contributed by atoms with Gasteiger partial charge in [0.05, 0.1) is 6.07 Å². The van der Waals surface area contributed by atoms with Gasteiger partial charge in [0.25, 0.3) is 5.95 Å². The maximum atomic E-state index is 11.8. The molecule has 1 N–H and O–H groups in total. The van der Waals surface area contributed by atoms with Gasteiger partial charge in [0.15, 0.2) is 29.6 Å². The zero-order valence-corrected chi connectivity index (χ0v) is 12.6. The molecule has 0 unspecified atom stereocenters. The highest BCUT2D eigenvalue weighted by atomic mass is 16.6. The average molecular weight is 330 g/mol. The normalized spacial score (nSPS) is 13.0. The number of benzene rings is 1. The largest absolute Gasteiger partial charge is 0.502 e. The van der Waals surface area contributed by atoms with Gasteiger partial charge in [-0.05, 0) is 23.8 Å². The molecule has 0 fully saturated rings. The highest BCUT2D eigenvalue weighted by Gasteiger charge is 2.11. The van der Waals surface area contributed by atoms with Crippen LogP contribution in [0, 0.1) is 0 Å². The van der Waals surface area contributed by atoms with Crippen molar-refractivity contribution in [3.8, 4) is 23.2 Å². The quantitative estimate of drug-likeness (QED) is 0.835. The molecular formula is C17H14O7. The van der Waals surface area contributed by atoms with E-state index < -0.39 is 11.2 Å². The van der Waals surface area contributed by atoms with E-state index in [9.17, 15) is 9.59 Å². The lowest BCUT2D eigenvalue weighted by Crippen LogP contribution is -2.15. The number of carbonyl (C=O) groups excluding carboxylic acids is 1. The maximum absolute atomic E-state index is 11.8. The molecule has 7 nitrogen and oxygen atoms in total. The van der Waals surface area contributed by atoms with Crippen LogP contribution in [0.25, 0.3) is 6.08 Å². The van der Waals surface area contributed by atoms with Crippen LogP contribution in [0.3, 0.4) is 0 Å². The van der Waals surface area contributed by atoms with E-state index in [-0.39, 0.29) is 18.3 Å². The van der Waals surface area contributed by atoms with Crippen molar-refractivity contribution >= 4 is 11.9 Å². The standard InChI is InChI=1S/C17H14O7/c18-12(9-23-17-8-13(19)14(20)10-24-17)3-1-11-2-4-15-16(7-11)22-6-5-21-15/h1-4,7-8,10,20H,5-6,9H2/b3-1+. The van der Waals surface area contributed by atoms with Crippen LogP contribution in [0.4, 0.5) is 0 Å². The lowest BCUT2D eigenvalue weighted by molar-refractivity contribution is -0.116. The summed E-state index contributed by atoms with van der Waals surface area (Å²) >= 11 is 0. The first-order valence-corrected chi connectivity index (χ1v) is 7.17. The van der Waals surface area contributed by atoms with E-state index in [1.54, 1.807) is 24.3 Å². The molecule has 0 saturated heterocycles. The van der Waals surface area contributed by atoms with Crippen molar-refractivity contribution in [1.82, 2.24) is 0 Å². The lowest BCUT2D eigenvalue weighted by Gasteiger charge is -2.18. The van der Waals surface area contributed by atoms with Gasteiger partial charge in [0.2, 0.25) is 5.43 Å². The molecule has 0 aliphatic carbocycles. The molecule has 124 valence electrons. The van der Waals surface area contributed by atoms with Crippen molar-refractivity contribution in [3.05, 3.63) is 52.4 Å². The molecular weight excluding hydrogens is 316 g/mol. The second-order valence-corrected chi connectivity index (χ2v) is 4.94. The average Bonchev–Trinajstić information content (AvgIpc) is 2.60. The summed E-state index contributed by atoms with van der Waals surface area (Å²) in [6.07, 6.45) is 3.83. The number of ketones is 1. The SMILES string of the molecule is O=C(/C=C/c1ccc2c(c1)OCCO2)COc1cc(=O)c(O)co1. The smallest absolute Gasteiger partial charge is 0.288 e. The Morgan fingerprint density at radius 3 is 2.79 bits per heavy atom. The summed E-state index contributed by atoms with van der Waals surface area (Å²) in [6, 6.07) is 6.32. The Hall–Kier alpha value is -3.22. The predicted octanol–water partition coefficient (Wildman–Crippen LogP) is 1.78. The molecule has 3 rings (SSSR count). The van der Waals surface area contributed by atoms with Crippen LogP contribution in [0.2, 0.25) is 0 Å². The zero-order valence-electron chi connectivity index (χ0n) is 12.6. The fourth-order valence-corrected chi connectivity index (χ4v) is 2.01. The van der Waals surface area contributed by atoms with Crippen LogP contribution in [0.5, 0.6) is 23.2 Å². The monoisotopic (exact) mass is 330 g/mol. The van der Waals surface area contributed by atoms with Crippen molar-refractivity contribution in [2.45, 2.75) is 0 Å². The zero-order chi connectivity index (χ0) is 16.9. The molecule has 0 radical (unpaired) electrons. The second-order valence-electron chi connectivity index (χ2n) is 4.94. The Bertz CT molecular complexity index is 835. The molecule has 0 atom stereocenters. The molecule has 24 heavy (non-hydrogen) atoms. The molecule has 7 heteroatoms. The summed E-state index contributed by atoms with van der Waals surface area (Å²) in [5.74, 6) is 0.333. The van der Waals surface area contributed by atoms with Gasteiger partial charge in [-0.2, -0.15) is 0 Å². The third-order valence-electron chi connectivity index (χ3n) is 3.17. The van der Waals surface area contributed by atoms with Crippen molar-refractivity contribution in [1.29, 1.82) is 0 Å². The summed E-state index contributed by atoms with van der Waals surface area (Å²) in [5.41, 5.74) is 0.138. The summed E-state index contributed by atoms with van der Waals surface area (Å²) < 4.78 is 20.8. The first kappa shape index (κ1) is 15.7. The maximum Gasteiger partial charge on any atom is 0.288 e. The molecule has 1 aromatic heterocycles. The highest BCUT2D eigenvalue weighted by molar-refractivity contribution is 5.94. The fourth-order valence-electron chi connectivity index (χ4n) is 2.01. The van der Waals surface area contributed by atoms with Gasteiger partial charge in [-0.1, -0.05) is 12.1 Å². The Kier molecular flexibility index (Phi) is 4.51. The van der Waals surface area contributed by atoms with Crippen LogP contribution in [-0.2, 0) is 4.79 Å². The van der Waals surface area contributed by atoms with Crippen LogP contribution in [-0.4, -0.2) is 30.7 Å². The molecule has 2 aromatic rings. The van der Waals surface area contributed by atoms with Gasteiger partial charge in [0, 0.05) is 0 Å². The van der Waals surface area contributed by atoms with E-state index in [1.165, 1.54) is 6.08 Å². The van der Waals surface area contributed by atoms with Crippen LogP contribution in [0.15, 0.2) is 45.8 Å². The van der Waals surface area contributed by atoms with E-state index >= 15 is 0 Å². The van der Waals surface area contributed by atoms with E-state index in [2.05, 4.69) is 0 Å². The number of fused-ring (bicyclic) bond motifs is 1. The van der Waals surface area contributed by atoms with Gasteiger partial charge < -0.3 is 23.7 Å². The first-order chi connectivity index (χ1) is 11.6. The minimum atomic E-state index is -0.643. The predicted molar refractivity (Wildman–Crippen MR) is 83.6 cm³/mol. The number of ether oxygens (including phenoxy) is 3. The number of hydrogen-bond donors (Lipinski definition) is 1. The first-order valence-electron chi connectivity index (χ1n) is 7.17. The molecule has 1 aliphatic rings. The van der Waals surface area contributed by atoms with Gasteiger partial charge in [-0.3, -0.25) is 9.59 Å². The Balaban J connectivity index is 1.59. The van der Waals surface area contributed by atoms with Crippen molar-refractivity contribution in [3.63, 3.8) is 0 Å². The van der Waals surface area contributed by atoms with Gasteiger partial charge in [-0.15, -0.1) is 0 Å². The third kappa shape index (κ3) is 3.75. The van der Waals surface area contributed by atoms with Crippen molar-refractivity contribution in [2.75, 3.05) is 19.8 Å². The number of aromatic hydroxyl groups is 1. The fraction of sp³-hybridized carbons (Fsp3) is 0.176. The molecule has 0 spiro atoms. The van der Waals surface area contributed by atoms with Crippen molar-refractivity contribution in [2.24, 2.45) is 0 Å².